The van der Waals surface area contributed by atoms with Crippen LogP contribution in [0.4, 0.5) is 14.6 Å². The first-order chi connectivity index (χ1) is 16.6. The molecule has 3 aromatic rings. The summed E-state index contributed by atoms with van der Waals surface area (Å²) in [6.07, 6.45) is 8.45. The summed E-state index contributed by atoms with van der Waals surface area (Å²) in [5, 5.41) is 11.8. The molecule has 0 saturated carbocycles. The van der Waals surface area contributed by atoms with E-state index in [1.165, 1.54) is 6.07 Å². The van der Waals surface area contributed by atoms with Crippen molar-refractivity contribution >= 4 is 17.7 Å². The Kier molecular flexibility index (Phi) is 6.35. The number of amidine groups is 1. The third-order valence-corrected chi connectivity index (χ3v) is 6.37. The number of piperazine rings is 1. The van der Waals surface area contributed by atoms with Gasteiger partial charge in [-0.3, -0.25) is 5.41 Å². The lowest BCUT2D eigenvalue weighted by Gasteiger charge is -2.28. The molecule has 2 aliphatic rings. The van der Waals surface area contributed by atoms with Gasteiger partial charge < -0.3 is 20.1 Å². The number of nitrogens with zero attached hydrogens (tertiary/aromatic N) is 4. The normalized spacial score (nSPS) is 18.7. The van der Waals surface area contributed by atoms with E-state index in [2.05, 4.69) is 25.2 Å². The number of anilines is 1. The summed E-state index contributed by atoms with van der Waals surface area (Å²) in [6.45, 7) is 4.44. The highest BCUT2D eigenvalue weighted by Crippen LogP contribution is 2.34. The summed E-state index contributed by atoms with van der Waals surface area (Å²) in [5.41, 5.74) is 2.07. The van der Waals surface area contributed by atoms with E-state index in [0.717, 1.165) is 61.8 Å². The molecule has 2 aliphatic heterocycles. The van der Waals surface area contributed by atoms with Crippen molar-refractivity contribution < 1.29 is 8.78 Å². The lowest BCUT2D eigenvalue weighted by Crippen LogP contribution is -2.43. The Morgan fingerprint density at radius 1 is 1.06 bits per heavy atom. The Morgan fingerprint density at radius 2 is 1.91 bits per heavy atom. The minimum absolute atomic E-state index is 0.242. The van der Waals surface area contributed by atoms with Crippen LogP contribution in [0.1, 0.15) is 30.3 Å². The predicted octanol–water partition coefficient (Wildman–Crippen LogP) is 3.99. The van der Waals surface area contributed by atoms with Crippen LogP contribution >= 0.6 is 0 Å². The van der Waals surface area contributed by atoms with Gasteiger partial charge in [0.05, 0.1) is 17.9 Å². The molecule has 0 bridgehead atoms. The average molecular weight is 464 g/mol. The third-order valence-electron chi connectivity index (χ3n) is 6.37. The van der Waals surface area contributed by atoms with Crippen molar-refractivity contribution in [3.05, 3.63) is 71.8 Å². The molecule has 2 aromatic heterocycles. The van der Waals surface area contributed by atoms with Gasteiger partial charge in [-0.15, -0.1) is 0 Å². The summed E-state index contributed by atoms with van der Waals surface area (Å²) in [4.78, 5) is 16.3. The summed E-state index contributed by atoms with van der Waals surface area (Å²) >= 11 is 0. The zero-order valence-electron chi connectivity index (χ0n) is 18.8. The zero-order valence-corrected chi connectivity index (χ0v) is 18.8. The van der Waals surface area contributed by atoms with Gasteiger partial charge in [-0.05, 0) is 55.3 Å². The second-order valence-corrected chi connectivity index (χ2v) is 8.56. The summed E-state index contributed by atoms with van der Waals surface area (Å²) in [5.74, 6) is 0.907. The number of likely N-dealkylation sites (tertiary alicyclic amines) is 1. The first-order valence-electron chi connectivity index (χ1n) is 11.5. The van der Waals surface area contributed by atoms with Gasteiger partial charge in [-0.25, -0.2) is 18.7 Å². The highest BCUT2D eigenvalue weighted by Gasteiger charge is 2.29. The fraction of sp³-hybridized carbons (Fsp3) is 0.320. The van der Waals surface area contributed by atoms with Crippen LogP contribution in [0.5, 0.6) is 0 Å². The molecule has 0 radical (unpaired) electrons. The van der Waals surface area contributed by atoms with E-state index >= 15 is 0 Å². The molecule has 0 aliphatic carbocycles. The van der Waals surface area contributed by atoms with E-state index < -0.39 is 11.6 Å². The smallest absolute Gasteiger partial charge is 0.130 e. The molecule has 34 heavy (non-hydrogen) atoms. The summed E-state index contributed by atoms with van der Waals surface area (Å²) in [7, 11) is 0. The first kappa shape index (κ1) is 22.2. The lowest BCUT2D eigenvalue weighted by molar-refractivity contribution is 0.385. The Bertz CT molecular complexity index is 1180. The Morgan fingerprint density at radius 3 is 2.71 bits per heavy atom. The van der Waals surface area contributed by atoms with E-state index in [0.29, 0.717) is 24.4 Å². The van der Waals surface area contributed by atoms with Gasteiger partial charge in [0.2, 0.25) is 0 Å². The molecule has 5 rings (SSSR count). The number of hydrogen-bond acceptors (Lipinski definition) is 5. The Labute approximate surface area is 197 Å². The average Bonchev–Trinajstić information content (AvgIpc) is 3.55. The van der Waals surface area contributed by atoms with Crippen LogP contribution in [0, 0.1) is 17.0 Å². The molecule has 1 aromatic carbocycles. The summed E-state index contributed by atoms with van der Waals surface area (Å²) < 4.78 is 28.0. The van der Waals surface area contributed by atoms with E-state index in [1.807, 2.05) is 18.3 Å². The second-order valence-electron chi connectivity index (χ2n) is 8.56. The lowest BCUT2D eigenvalue weighted by atomic mass is 10.0. The van der Waals surface area contributed by atoms with Crippen molar-refractivity contribution in [1.82, 2.24) is 25.2 Å². The Hall–Kier alpha value is -3.59. The fourth-order valence-corrected chi connectivity index (χ4v) is 4.60. The van der Waals surface area contributed by atoms with Gasteiger partial charge in [0.25, 0.3) is 0 Å². The number of aromatic nitrogens is 3. The minimum Gasteiger partial charge on any atom is -0.354 e. The van der Waals surface area contributed by atoms with Gasteiger partial charge in [-0.2, -0.15) is 0 Å². The van der Waals surface area contributed by atoms with Crippen molar-refractivity contribution in [3.63, 3.8) is 0 Å². The number of pyridine rings is 1. The van der Waals surface area contributed by atoms with Crippen LogP contribution in [0.2, 0.25) is 0 Å². The topological polar surface area (TPSA) is 83.9 Å². The number of hydrogen-bond donors (Lipinski definition) is 3. The predicted molar refractivity (Wildman–Crippen MR) is 129 cm³/mol. The number of imidazole rings is 1. The molecule has 9 heteroatoms. The number of aromatic amines is 1. The number of halogens is 2. The monoisotopic (exact) mass is 463 g/mol. The van der Waals surface area contributed by atoms with Gasteiger partial charge in [0.1, 0.15) is 29.1 Å². The fourth-order valence-electron chi connectivity index (χ4n) is 4.60. The molecule has 176 valence electrons. The number of H-pyrrole nitrogens is 1. The maximum absolute atomic E-state index is 14.3. The quantitative estimate of drug-likeness (QED) is 0.394. The van der Waals surface area contributed by atoms with E-state index in [9.17, 15) is 8.78 Å². The van der Waals surface area contributed by atoms with Crippen molar-refractivity contribution in [3.8, 4) is 11.3 Å². The molecule has 2 fully saturated rings. The van der Waals surface area contributed by atoms with Gasteiger partial charge in [-0.1, -0.05) is 0 Å². The van der Waals surface area contributed by atoms with Gasteiger partial charge >= 0.3 is 0 Å². The Balaban J connectivity index is 1.26. The maximum atomic E-state index is 14.3. The zero-order chi connectivity index (χ0) is 23.5. The molecule has 4 heterocycles. The molecule has 0 amide bonds. The van der Waals surface area contributed by atoms with Crippen molar-refractivity contribution in [2.45, 2.75) is 18.9 Å². The molecular weight excluding hydrogens is 436 g/mol. The second kappa shape index (κ2) is 9.72. The van der Waals surface area contributed by atoms with Crippen LogP contribution in [0.15, 0.2) is 48.8 Å². The molecule has 2 saturated heterocycles. The number of rotatable bonds is 5. The molecule has 0 spiro atoms. The van der Waals surface area contributed by atoms with Crippen molar-refractivity contribution in [1.29, 1.82) is 5.41 Å². The molecular formula is C25H27F2N7. The largest absolute Gasteiger partial charge is 0.354 e. The van der Waals surface area contributed by atoms with Crippen LogP contribution < -0.4 is 10.2 Å². The van der Waals surface area contributed by atoms with Gasteiger partial charge in [0.15, 0.2) is 0 Å². The molecule has 1 unspecified atom stereocenters. The summed E-state index contributed by atoms with van der Waals surface area (Å²) in [6, 6.07) is 7.19. The molecule has 7 nitrogen and oxygen atoms in total. The number of nitrogens with one attached hydrogen (secondary N) is 3. The van der Waals surface area contributed by atoms with Crippen LogP contribution in [0.3, 0.4) is 0 Å². The van der Waals surface area contributed by atoms with E-state index in [1.54, 1.807) is 23.2 Å². The maximum Gasteiger partial charge on any atom is 0.130 e. The van der Waals surface area contributed by atoms with E-state index in [-0.39, 0.29) is 11.9 Å². The van der Waals surface area contributed by atoms with Crippen LogP contribution in [-0.4, -0.2) is 58.4 Å². The van der Waals surface area contributed by atoms with Crippen molar-refractivity contribution in [2.75, 3.05) is 37.6 Å². The first-order valence-corrected chi connectivity index (χ1v) is 11.5. The van der Waals surface area contributed by atoms with Crippen LogP contribution in [-0.2, 0) is 0 Å². The van der Waals surface area contributed by atoms with E-state index in [4.69, 9.17) is 5.41 Å². The third kappa shape index (κ3) is 4.70. The van der Waals surface area contributed by atoms with Crippen molar-refractivity contribution in [2.24, 2.45) is 0 Å². The molecule has 1 atom stereocenters. The molecule has 3 N–H and O–H groups in total. The number of benzene rings is 1. The standard InChI is InChI=1S/C25H27F2N7/c26-18-4-5-20(27)19(14-18)22-2-1-11-34(22)23(28)6-7-24-30-16-21(32-24)17-3-8-25(31-15-17)33-12-9-29-10-13-33/h3-8,14-16,22,28-29H,1-2,9-13H2,(H,30,32)/b7-6-,28-23?. The minimum atomic E-state index is -0.469. The SMILES string of the molecule is N=C(/C=C\c1ncc(-c2ccc(N3CCNCC3)nc2)[nH]1)N1CCCC1c1cc(F)ccc1F. The van der Waals surface area contributed by atoms with Crippen LogP contribution in [0.25, 0.3) is 17.3 Å². The van der Waals surface area contributed by atoms with Gasteiger partial charge in [0, 0.05) is 50.0 Å². The highest BCUT2D eigenvalue weighted by molar-refractivity contribution is 5.94. The highest BCUT2D eigenvalue weighted by atomic mass is 19.1.